The molecule has 2 fully saturated rings. The molecular formula is C8H13NO4S. The van der Waals surface area contributed by atoms with Crippen molar-refractivity contribution in [3.05, 3.63) is 0 Å². The average molecular weight is 219 g/mol. The summed E-state index contributed by atoms with van der Waals surface area (Å²) < 4.78 is 22.5. The summed E-state index contributed by atoms with van der Waals surface area (Å²) >= 11 is 0. The zero-order valence-electron chi connectivity index (χ0n) is 7.69. The van der Waals surface area contributed by atoms with Crippen LogP contribution >= 0.6 is 0 Å². The van der Waals surface area contributed by atoms with Crippen molar-refractivity contribution in [2.75, 3.05) is 11.5 Å². The fourth-order valence-electron chi connectivity index (χ4n) is 1.81. The van der Waals surface area contributed by atoms with E-state index >= 15 is 0 Å². The van der Waals surface area contributed by atoms with Gasteiger partial charge in [-0.05, 0) is 19.3 Å². The summed E-state index contributed by atoms with van der Waals surface area (Å²) in [7, 11) is -3.16. The Morgan fingerprint density at radius 1 is 1.43 bits per heavy atom. The van der Waals surface area contributed by atoms with Gasteiger partial charge in [-0.3, -0.25) is 10.1 Å². The van der Waals surface area contributed by atoms with Crippen LogP contribution in [0.4, 0.5) is 0 Å². The Bertz CT molecular complexity index is 360. The first-order valence-corrected chi connectivity index (χ1v) is 6.47. The van der Waals surface area contributed by atoms with E-state index in [0.29, 0.717) is 0 Å². The molecule has 1 saturated heterocycles. The third kappa shape index (κ3) is 1.76. The van der Waals surface area contributed by atoms with Gasteiger partial charge >= 0.3 is 5.97 Å². The molecule has 1 heterocycles. The Hall–Kier alpha value is -0.620. The number of hydrogen-bond acceptors (Lipinski definition) is 4. The van der Waals surface area contributed by atoms with E-state index in [4.69, 9.17) is 5.11 Å². The van der Waals surface area contributed by atoms with E-state index in [2.05, 4.69) is 5.32 Å². The summed E-state index contributed by atoms with van der Waals surface area (Å²) in [5.41, 5.74) is -1.21. The van der Waals surface area contributed by atoms with Gasteiger partial charge in [-0.25, -0.2) is 8.42 Å². The highest BCUT2D eigenvalue weighted by Gasteiger charge is 2.50. The van der Waals surface area contributed by atoms with Gasteiger partial charge in [0.05, 0.1) is 11.5 Å². The highest BCUT2D eigenvalue weighted by atomic mass is 32.2. The van der Waals surface area contributed by atoms with Gasteiger partial charge in [0.15, 0.2) is 9.84 Å². The molecule has 0 spiro atoms. The molecule has 2 N–H and O–H groups in total. The highest BCUT2D eigenvalue weighted by molar-refractivity contribution is 7.91. The Labute approximate surface area is 82.4 Å². The first kappa shape index (κ1) is 9.92. The summed E-state index contributed by atoms with van der Waals surface area (Å²) in [5.74, 6) is -1.31. The van der Waals surface area contributed by atoms with Gasteiger partial charge in [-0.15, -0.1) is 0 Å². The van der Waals surface area contributed by atoms with Crippen LogP contribution in [0.3, 0.4) is 0 Å². The van der Waals surface area contributed by atoms with Crippen LogP contribution in [-0.4, -0.2) is 42.6 Å². The van der Waals surface area contributed by atoms with Crippen LogP contribution in [-0.2, 0) is 14.6 Å². The van der Waals surface area contributed by atoms with Crippen LogP contribution in [0.1, 0.15) is 19.3 Å². The van der Waals surface area contributed by atoms with Gasteiger partial charge in [0.1, 0.15) is 5.54 Å². The van der Waals surface area contributed by atoms with E-state index in [1.54, 1.807) is 0 Å². The summed E-state index contributed by atoms with van der Waals surface area (Å²) in [6, 6.07) is 0.208. The summed E-state index contributed by atoms with van der Waals surface area (Å²) in [4.78, 5) is 11.0. The number of carboxylic acid groups (broad SMARTS) is 1. The van der Waals surface area contributed by atoms with Crippen molar-refractivity contribution >= 4 is 15.8 Å². The quantitative estimate of drug-likeness (QED) is 0.661. The molecule has 14 heavy (non-hydrogen) atoms. The van der Waals surface area contributed by atoms with Crippen molar-refractivity contribution in [1.29, 1.82) is 0 Å². The van der Waals surface area contributed by atoms with Crippen LogP contribution in [0.15, 0.2) is 0 Å². The van der Waals surface area contributed by atoms with Gasteiger partial charge in [-0.2, -0.15) is 0 Å². The normalized spacial score (nSPS) is 35.7. The molecule has 5 nitrogen and oxygen atoms in total. The maximum absolute atomic E-state index is 11.2. The van der Waals surface area contributed by atoms with Crippen molar-refractivity contribution < 1.29 is 18.3 Å². The van der Waals surface area contributed by atoms with Crippen molar-refractivity contribution in [2.24, 2.45) is 0 Å². The standard InChI is InChI=1S/C8H13NO4S/c10-7(11)8(9-6-1-2-6)3-4-14(12,13)5-8/h6,9H,1-5H2,(H,10,11). The molecule has 1 aliphatic heterocycles. The monoisotopic (exact) mass is 219 g/mol. The highest BCUT2D eigenvalue weighted by Crippen LogP contribution is 2.29. The van der Waals surface area contributed by atoms with E-state index in [0.717, 1.165) is 12.8 Å². The fraction of sp³-hybridized carbons (Fsp3) is 0.875. The summed E-state index contributed by atoms with van der Waals surface area (Å²) in [6.45, 7) is 0. The maximum Gasteiger partial charge on any atom is 0.325 e. The van der Waals surface area contributed by atoms with Gasteiger partial charge in [0.25, 0.3) is 0 Å². The topological polar surface area (TPSA) is 83.5 Å². The van der Waals surface area contributed by atoms with Crippen LogP contribution in [0.5, 0.6) is 0 Å². The Morgan fingerprint density at radius 3 is 2.43 bits per heavy atom. The number of nitrogens with one attached hydrogen (secondary N) is 1. The molecule has 1 unspecified atom stereocenters. The molecule has 0 radical (unpaired) electrons. The average Bonchev–Trinajstić information content (AvgIpc) is 2.78. The predicted molar refractivity (Wildman–Crippen MR) is 49.8 cm³/mol. The second-order valence-corrected chi connectivity index (χ2v) is 6.33. The molecule has 0 amide bonds. The largest absolute Gasteiger partial charge is 0.480 e. The van der Waals surface area contributed by atoms with Gasteiger partial charge < -0.3 is 5.11 Å². The maximum atomic E-state index is 11.2. The number of sulfone groups is 1. The first-order valence-electron chi connectivity index (χ1n) is 4.65. The fourth-order valence-corrected chi connectivity index (χ4v) is 3.72. The summed E-state index contributed by atoms with van der Waals surface area (Å²) in [6.07, 6.45) is 2.10. The number of carbonyl (C=O) groups is 1. The minimum absolute atomic E-state index is 0.0149. The lowest BCUT2D eigenvalue weighted by atomic mass is 9.99. The molecule has 1 atom stereocenters. The minimum Gasteiger partial charge on any atom is -0.480 e. The first-order chi connectivity index (χ1) is 6.44. The Morgan fingerprint density at radius 2 is 2.07 bits per heavy atom. The molecule has 0 aromatic carbocycles. The molecular weight excluding hydrogens is 206 g/mol. The van der Waals surface area contributed by atoms with Crippen molar-refractivity contribution in [2.45, 2.75) is 30.8 Å². The third-order valence-electron chi connectivity index (χ3n) is 2.77. The van der Waals surface area contributed by atoms with Crippen LogP contribution in [0, 0.1) is 0 Å². The molecule has 2 aliphatic rings. The molecule has 1 aliphatic carbocycles. The lowest BCUT2D eigenvalue weighted by Gasteiger charge is -2.23. The molecule has 0 aromatic heterocycles. The molecule has 0 aromatic rings. The predicted octanol–water partition coefficient (Wildman–Crippen LogP) is -0.620. The smallest absolute Gasteiger partial charge is 0.325 e. The van der Waals surface area contributed by atoms with Gasteiger partial charge in [-0.1, -0.05) is 0 Å². The van der Waals surface area contributed by atoms with Crippen molar-refractivity contribution in [3.8, 4) is 0 Å². The van der Waals surface area contributed by atoms with Crippen molar-refractivity contribution in [3.63, 3.8) is 0 Å². The van der Waals surface area contributed by atoms with E-state index in [-0.39, 0.29) is 24.0 Å². The van der Waals surface area contributed by atoms with E-state index in [9.17, 15) is 13.2 Å². The number of aliphatic carboxylic acids is 1. The minimum atomic E-state index is -3.16. The summed E-state index contributed by atoms with van der Waals surface area (Å²) in [5, 5.41) is 12.0. The van der Waals surface area contributed by atoms with Gasteiger partial charge in [0.2, 0.25) is 0 Å². The molecule has 1 saturated carbocycles. The van der Waals surface area contributed by atoms with E-state index in [1.165, 1.54) is 0 Å². The third-order valence-corrected chi connectivity index (χ3v) is 4.53. The Kier molecular flexibility index (Phi) is 2.08. The van der Waals surface area contributed by atoms with Crippen LogP contribution < -0.4 is 5.32 Å². The molecule has 80 valence electrons. The molecule has 2 rings (SSSR count). The lowest BCUT2D eigenvalue weighted by molar-refractivity contribution is -0.143. The molecule has 0 bridgehead atoms. The Balaban J connectivity index is 2.19. The van der Waals surface area contributed by atoms with E-state index < -0.39 is 21.3 Å². The van der Waals surface area contributed by atoms with Gasteiger partial charge in [0, 0.05) is 6.04 Å². The number of hydrogen-bond donors (Lipinski definition) is 2. The second-order valence-electron chi connectivity index (χ2n) is 4.15. The second kappa shape index (κ2) is 2.93. The number of carboxylic acids is 1. The molecule has 6 heteroatoms. The SMILES string of the molecule is O=C(O)C1(NC2CC2)CCS(=O)(=O)C1. The van der Waals surface area contributed by atoms with Crippen LogP contribution in [0.25, 0.3) is 0 Å². The zero-order valence-corrected chi connectivity index (χ0v) is 8.51. The van der Waals surface area contributed by atoms with E-state index in [1.807, 2.05) is 0 Å². The lowest BCUT2D eigenvalue weighted by Crippen LogP contribution is -2.54. The number of rotatable bonds is 3. The zero-order chi connectivity index (χ0) is 10.4. The van der Waals surface area contributed by atoms with Crippen molar-refractivity contribution in [1.82, 2.24) is 5.32 Å². The van der Waals surface area contributed by atoms with Crippen LogP contribution in [0.2, 0.25) is 0 Å².